The molecular weight excluding hydrogens is 444 g/mol. The fourth-order valence-electron chi connectivity index (χ4n) is 3.28. The van der Waals surface area contributed by atoms with E-state index in [1.165, 1.54) is 23.1 Å². The van der Waals surface area contributed by atoms with Crippen molar-refractivity contribution in [1.29, 1.82) is 0 Å². The van der Waals surface area contributed by atoms with Crippen LogP contribution in [0.1, 0.15) is 16.1 Å². The van der Waals surface area contributed by atoms with Gasteiger partial charge in [0.25, 0.3) is 11.7 Å². The monoisotopic (exact) mass is 464 g/mol. The van der Waals surface area contributed by atoms with E-state index in [2.05, 4.69) is 20.6 Å². The van der Waals surface area contributed by atoms with E-state index in [1.54, 1.807) is 14.0 Å². The summed E-state index contributed by atoms with van der Waals surface area (Å²) >= 11 is 2.51. The van der Waals surface area contributed by atoms with Gasteiger partial charge in [0, 0.05) is 29.2 Å². The highest BCUT2D eigenvalue weighted by molar-refractivity contribution is 8.01. The molecule has 162 valence electrons. The summed E-state index contributed by atoms with van der Waals surface area (Å²) in [5.74, 6) is -1.27. The number of thioether (sulfide) groups is 1. The summed E-state index contributed by atoms with van der Waals surface area (Å²) in [4.78, 5) is 45.4. The van der Waals surface area contributed by atoms with Crippen LogP contribution in [0, 0.1) is 6.92 Å². The Hall–Kier alpha value is -3.43. The Labute approximate surface area is 192 Å². The Kier molecular flexibility index (Phi) is 6.38. The van der Waals surface area contributed by atoms with E-state index in [4.69, 9.17) is 0 Å². The molecule has 0 bridgehead atoms. The predicted octanol–water partition coefficient (Wildman–Crippen LogP) is 4.26. The van der Waals surface area contributed by atoms with Crippen LogP contribution in [0.4, 0.5) is 5.00 Å². The van der Waals surface area contributed by atoms with Crippen LogP contribution in [0.25, 0.3) is 22.2 Å². The predicted molar refractivity (Wildman–Crippen MR) is 128 cm³/mol. The summed E-state index contributed by atoms with van der Waals surface area (Å²) in [6.07, 6.45) is 0. The Bertz CT molecular complexity index is 1310. The van der Waals surface area contributed by atoms with Crippen molar-refractivity contribution in [2.75, 3.05) is 18.1 Å². The molecule has 2 amide bonds. The second kappa shape index (κ2) is 9.37. The van der Waals surface area contributed by atoms with Crippen molar-refractivity contribution in [2.24, 2.45) is 0 Å². The molecule has 0 atom stereocenters. The summed E-state index contributed by atoms with van der Waals surface area (Å²) in [5.41, 5.74) is 3.17. The van der Waals surface area contributed by atoms with Gasteiger partial charge in [0.15, 0.2) is 4.34 Å². The van der Waals surface area contributed by atoms with E-state index in [9.17, 15) is 14.4 Å². The Balaban J connectivity index is 1.64. The minimum absolute atomic E-state index is 0.123. The van der Waals surface area contributed by atoms with Crippen molar-refractivity contribution in [3.63, 3.8) is 0 Å². The molecule has 0 aliphatic heterocycles. The summed E-state index contributed by atoms with van der Waals surface area (Å²) in [6, 6.07) is 16.8. The molecule has 2 heterocycles. The van der Waals surface area contributed by atoms with Gasteiger partial charge < -0.3 is 15.6 Å². The van der Waals surface area contributed by atoms with Gasteiger partial charge in [-0.2, -0.15) is 0 Å². The van der Waals surface area contributed by atoms with Crippen molar-refractivity contribution >= 4 is 56.6 Å². The normalized spacial score (nSPS) is 10.8. The molecule has 32 heavy (non-hydrogen) atoms. The molecule has 0 radical (unpaired) electrons. The Morgan fingerprint density at radius 3 is 2.53 bits per heavy atom. The largest absolute Gasteiger partial charge is 0.358 e. The molecule has 0 fully saturated rings. The first kappa shape index (κ1) is 21.8. The van der Waals surface area contributed by atoms with Gasteiger partial charge in [-0.15, -0.1) is 0 Å². The number of fused-ring (bicyclic) bond motifs is 1. The van der Waals surface area contributed by atoms with E-state index in [1.807, 2.05) is 54.6 Å². The number of aryl methyl sites for hydroxylation is 1. The zero-order valence-corrected chi connectivity index (χ0v) is 19.0. The van der Waals surface area contributed by atoms with Gasteiger partial charge in [-0.05, 0) is 13.0 Å². The van der Waals surface area contributed by atoms with Crippen LogP contribution in [0.2, 0.25) is 0 Å². The van der Waals surface area contributed by atoms with Crippen LogP contribution < -0.4 is 10.6 Å². The van der Waals surface area contributed by atoms with E-state index >= 15 is 0 Å². The molecular formula is C23H20N4O3S2. The summed E-state index contributed by atoms with van der Waals surface area (Å²) < 4.78 is 0.624. The minimum atomic E-state index is -0.735. The molecule has 3 N–H and O–H groups in total. The number of benzene rings is 2. The molecule has 2 aromatic carbocycles. The first-order chi connectivity index (χ1) is 15.5. The molecule has 0 unspecified atom stereocenters. The smallest absolute Gasteiger partial charge is 0.297 e. The highest BCUT2D eigenvalue weighted by Crippen LogP contribution is 2.37. The molecule has 9 heteroatoms. The highest BCUT2D eigenvalue weighted by Gasteiger charge is 2.25. The lowest BCUT2D eigenvalue weighted by atomic mass is 10.1. The van der Waals surface area contributed by atoms with E-state index < -0.39 is 11.7 Å². The third kappa shape index (κ3) is 4.44. The first-order valence-electron chi connectivity index (χ1n) is 9.80. The van der Waals surface area contributed by atoms with Crippen LogP contribution in [-0.4, -0.2) is 40.4 Å². The number of nitrogens with one attached hydrogen (secondary N) is 3. The molecule has 4 rings (SSSR count). The van der Waals surface area contributed by atoms with Gasteiger partial charge in [0.2, 0.25) is 5.91 Å². The summed E-state index contributed by atoms with van der Waals surface area (Å²) in [6.45, 7) is 1.77. The number of carbonyl (C=O) groups is 3. The lowest BCUT2D eigenvalue weighted by Gasteiger charge is -2.05. The number of hydrogen-bond donors (Lipinski definition) is 3. The average molecular weight is 465 g/mol. The van der Waals surface area contributed by atoms with Crippen LogP contribution >= 0.6 is 23.1 Å². The lowest BCUT2D eigenvalue weighted by Crippen LogP contribution is -2.23. The average Bonchev–Trinajstić information content (AvgIpc) is 3.37. The number of hydrogen-bond acceptors (Lipinski definition) is 6. The third-order valence-electron chi connectivity index (χ3n) is 4.81. The zero-order valence-electron chi connectivity index (χ0n) is 17.4. The Morgan fingerprint density at radius 2 is 1.78 bits per heavy atom. The molecule has 2 aromatic heterocycles. The van der Waals surface area contributed by atoms with Gasteiger partial charge >= 0.3 is 0 Å². The molecule has 0 saturated heterocycles. The summed E-state index contributed by atoms with van der Waals surface area (Å²) in [7, 11) is 1.57. The van der Waals surface area contributed by atoms with Gasteiger partial charge in [-0.1, -0.05) is 71.6 Å². The number of amides is 2. The minimum Gasteiger partial charge on any atom is -0.358 e. The number of nitrogens with zero attached hydrogens (tertiary/aromatic N) is 1. The van der Waals surface area contributed by atoms with Crippen LogP contribution in [0.15, 0.2) is 58.9 Å². The number of ketones is 1. The number of aromatic amines is 1. The molecule has 0 aliphatic rings. The second-order valence-electron chi connectivity index (χ2n) is 6.94. The maximum absolute atomic E-state index is 13.0. The molecule has 0 saturated carbocycles. The van der Waals surface area contributed by atoms with E-state index in [-0.39, 0.29) is 11.7 Å². The number of anilines is 1. The zero-order chi connectivity index (χ0) is 22.7. The van der Waals surface area contributed by atoms with Gasteiger partial charge in [-0.3, -0.25) is 14.4 Å². The molecule has 0 spiro atoms. The third-order valence-corrected chi connectivity index (χ3v) is 6.93. The molecule has 7 nitrogen and oxygen atoms in total. The van der Waals surface area contributed by atoms with Crippen molar-refractivity contribution < 1.29 is 14.4 Å². The standard InChI is InChI=1S/C23H20N4O3S2/c1-13-18(15-10-6-7-11-16(15)25-13)20(29)21(30)27-22-19(14-8-4-3-5-9-14)26-23(32-22)31-12-17(28)24-2/h3-11,25H,12H2,1-2H3,(H,24,28)(H,27,30). The van der Waals surface area contributed by atoms with Crippen molar-refractivity contribution in [2.45, 2.75) is 11.3 Å². The fraction of sp³-hybridized carbons (Fsp3) is 0.130. The lowest BCUT2D eigenvalue weighted by molar-refractivity contribution is -0.118. The fourth-order valence-corrected chi connectivity index (χ4v) is 5.21. The number of H-pyrrole nitrogens is 1. The van der Waals surface area contributed by atoms with E-state index in [0.717, 1.165) is 11.1 Å². The first-order valence-corrected chi connectivity index (χ1v) is 11.6. The number of para-hydroxylation sites is 1. The number of thiazole rings is 1. The van der Waals surface area contributed by atoms with Crippen molar-refractivity contribution in [1.82, 2.24) is 15.3 Å². The van der Waals surface area contributed by atoms with Gasteiger partial charge in [-0.25, -0.2) is 4.98 Å². The number of rotatable bonds is 7. The topological polar surface area (TPSA) is 104 Å². The highest BCUT2D eigenvalue weighted by atomic mass is 32.2. The second-order valence-corrected chi connectivity index (χ2v) is 9.16. The summed E-state index contributed by atoms with van der Waals surface area (Å²) in [5, 5.41) is 6.49. The van der Waals surface area contributed by atoms with Crippen LogP contribution in [0.5, 0.6) is 0 Å². The maximum Gasteiger partial charge on any atom is 0.297 e. The Morgan fingerprint density at radius 1 is 1.06 bits per heavy atom. The SMILES string of the molecule is CNC(=O)CSc1nc(-c2ccccc2)c(NC(=O)C(=O)c2c(C)[nH]c3ccccc23)s1. The maximum atomic E-state index is 13.0. The number of aromatic nitrogens is 2. The molecule has 4 aromatic rings. The number of carbonyl (C=O) groups excluding carboxylic acids is 3. The van der Waals surface area contributed by atoms with Crippen molar-refractivity contribution in [3.8, 4) is 11.3 Å². The van der Waals surface area contributed by atoms with E-state index in [0.29, 0.717) is 31.7 Å². The van der Waals surface area contributed by atoms with Crippen molar-refractivity contribution in [3.05, 3.63) is 65.9 Å². The van der Waals surface area contributed by atoms with Crippen LogP contribution in [-0.2, 0) is 9.59 Å². The quantitative estimate of drug-likeness (QED) is 0.215. The van der Waals surface area contributed by atoms with Gasteiger partial charge in [0.1, 0.15) is 10.7 Å². The van der Waals surface area contributed by atoms with Gasteiger partial charge in [0.05, 0.1) is 11.3 Å². The van der Waals surface area contributed by atoms with Crippen LogP contribution in [0.3, 0.4) is 0 Å². The molecule has 0 aliphatic carbocycles. The number of Topliss-reactive ketones (excluding diaryl/α,β-unsaturated/α-hetero) is 1.